The minimum absolute atomic E-state index is 1.14. The monoisotopic (exact) mass is 99.1 g/mol. The molecule has 0 aliphatic carbocycles. The highest BCUT2D eigenvalue weighted by Crippen LogP contribution is 1.91. The Kier molecular flexibility index (Phi) is 1.65. The van der Waals surface area contributed by atoms with Crippen molar-refractivity contribution in [3.05, 3.63) is 6.17 Å². The quantitative estimate of drug-likeness (QED) is 0.449. The molecule has 2 nitrogen and oxygen atoms in total. The van der Waals surface area contributed by atoms with Gasteiger partial charge in [0, 0.05) is 0 Å². The number of hydrogen-bond acceptors (Lipinski definition) is 2. The molecule has 1 aliphatic rings. The zero-order valence-corrected chi connectivity index (χ0v) is 4.62. The van der Waals surface area contributed by atoms with E-state index in [1.54, 1.807) is 0 Å². The van der Waals surface area contributed by atoms with Crippen LogP contribution in [0.25, 0.3) is 0 Å². The fourth-order valence-electron chi connectivity index (χ4n) is 0.703. The molecule has 1 rings (SSSR count). The van der Waals surface area contributed by atoms with E-state index < -0.39 is 0 Å². The van der Waals surface area contributed by atoms with Crippen LogP contribution < -0.4 is 10.6 Å². The standard InChI is InChI=1S/C5H11N2/c1-5-6-3-2-4-7-5/h6-7H,2-4H2,1H3. The SMILES string of the molecule is C[C]1NCCCN1. The maximum atomic E-state index is 3.19. The summed E-state index contributed by atoms with van der Waals surface area (Å²) in [6.45, 7) is 4.33. The summed E-state index contributed by atoms with van der Waals surface area (Å²) in [5.74, 6) is 0. The predicted octanol–water partition coefficient (Wildman–Crippen LogP) is 0.0787. The van der Waals surface area contributed by atoms with Crippen molar-refractivity contribution < 1.29 is 0 Å². The molecule has 0 saturated carbocycles. The lowest BCUT2D eigenvalue weighted by molar-refractivity contribution is 0.495. The van der Waals surface area contributed by atoms with Crippen LogP contribution in [-0.2, 0) is 0 Å². The Morgan fingerprint density at radius 1 is 1.29 bits per heavy atom. The third-order valence-electron chi connectivity index (χ3n) is 1.13. The first-order chi connectivity index (χ1) is 3.39. The van der Waals surface area contributed by atoms with Gasteiger partial charge in [-0.1, -0.05) is 0 Å². The average molecular weight is 99.2 g/mol. The van der Waals surface area contributed by atoms with E-state index in [1.165, 1.54) is 12.6 Å². The Labute approximate surface area is 44.3 Å². The molecular formula is C5H11N2. The van der Waals surface area contributed by atoms with Crippen LogP contribution in [0.4, 0.5) is 0 Å². The van der Waals surface area contributed by atoms with Gasteiger partial charge >= 0.3 is 0 Å². The number of hydrogen-bond donors (Lipinski definition) is 2. The van der Waals surface area contributed by atoms with Crippen LogP contribution in [0.3, 0.4) is 0 Å². The van der Waals surface area contributed by atoms with Crippen molar-refractivity contribution in [1.82, 2.24) is 10.6 Å². The van der Waals surface area contributed by atoms with E-state index in [9.17, 15) is 0 Å². The summed E-state index contributed by atoms with van der Waals surface area (Å²) in [6, 6.07) is 0. The van der Waals surface area contributed by atoms with Crippen LogP contribution in [0.15, 0.2) is 0 Å². The van der Waals surface area contributed by atoms with Gasteiger partial charge in [-0.3, -0.25) is 10.6 Å². The van der Waals surface area contributed by atoms with Crippen molar-refractivity contribution in [3.8, 4) is 0 Å². The lowest BCUT2D eigenvalue weighted by Gasteiger charge is -2.19. The summed E-state index contributed by atoms with van der Waals surface area (Å²) in [7, 11) is 0. The Balaban J connectivity index is 2.12. The van der Waals surface area contributed by atoms with Crippen molar-refractivity contribution in [3.63, 3.8) is 0 Å². The second-order valence-corrected chi connectivity index (χ2v) is 1.83. The first kappa shape index (κ1) is 5.06. The lowest BCUT2D eigenvalue weighted by Crippen LogP contribution is -2.39. The Morgan fingerprint density at radius 3 is 2.14 bits per heavy atom. The predicted molar refractivity (Wildman–Crippen MR) is 29.5 cm³/mol. The first-order valence-electron chi connectivity index (χ1n) is 2.71. The van der Waals surface area contributed by atoms with E-state index >= 15 is 0 Å². The molecule has 0 aromatic heterocycles. The lowest BCUT2D eigenvalue weighted by atomic mass is 10.3. The molecule has 0 spiro atoms. The van der Waals surface area contributed by atoms with Gasteiger partial charge in [0.25, 0.3) is 0 Å². The van der Waals surface area contributed by atoms with Gasteiger partial charge in [-0.15, -0.1) is 0 Å². The van der Waals surface area contributed by atoms with E-state index in [2.05, 4.69) is 17.6 Å². The normalized spacial score (nSPS) is 25.3. The maximum Gasteiger partial charge on any atom is 0.0978 e. The van der Waals surface area contributed by atoms with Crippen molar-refractivity contribution in [2.45, 2.75) is 13.3 Å². The Hall–Kier alpha value is -0.0800. The zero-order chi connectivity index (χ0) is 5.11. The van der Waals surface area contributed by atoms with Gasteiger partial charge in [0.15, 0.2) is 0 Å². The van der Waals surface area contributed by atoms with E-state index in [0.29, 0.717) is 0 Å². The van der Waals surface area contributed by atoms with Gasteiger partial charge in [0.2, 0.25) is 0 Å². The molecule has 0 aromatic carbocycles. The van der Waals surface area contributed by atoms with Crippen LogP contribution >= 0.6 is 0 Å². The third kappa shape index (κ3) is 1.45. The fourth-order valence-corrected chi connectivity index (χ4v) is 0.703. The summed E-state index contributed by atoms with van der Waals surface area (Å²) in [5.41, 5.74) is 0. The molecule has 1 aliphatic heterocycles. The molecule has 1 fully saturated rings. The van der Waals surface area contributed by atoms with Crippen LogP contribution in [0.5, 0.6) is 0 Å². The molecule has 41 valence electrons. The Morgan fingerprint density at radius 2 is 1.86 bits per heavy atom. The molecule has 0 atom stereocenters. The molecule has 0 bridgehead atoms. The van der Waals surface area contributed by atoms with E-state index in [-0.39, 0.29) is 0 Å². The van der Waals surface area contributed by atoms with E-state index in [0.717, 1.165) is 13.1 Å². The number of nitrogens with one attached hydrogen (secondary N) is 2. The first-order valence-corrected chi connectivity index (χ1v) is 2.71. The Bertz CT molecular complexity index is 48.0. The van der Waals surface area contributed by atoms with Crippen molar-refractivity contribution in [2.75, 3.05) is 13.1 Å². The van der Waals surface area contributed by atoms with Gasteiger partial charge in [-0.05, 0) is 26.4 Å². The molecular weight excluding hydrogens is 88.1 g/mol. The van der Waals surface area contributed by atoms with Crippen LogP contribution in [0.1, 0.15) is 13.3 Å². The van der Waals surface area contributed by atoms with Crippen LogP contribution in [0, 0.1) is 6.17 Å². The molecule has 2 N–H and O–H groups in total. The maximum absolute atomic E-state index is 3.19. The van der Waals surface area contributed by atoms with Gasteiger partial charge in [0.1, 0.15) is 0 Å². The van der Waals surface area contributed by atoms with Crippen LogP contribution in [-0.4, -0.2) is 13.1 Å². The minimum atomic E-state index is 1.14. The molecule has 0 amide bonds. The molecule has 1 heterocycles. The van der Waals surface area contributed by atoms with Gasteiger partial charge < -0.3 is 0 Å². The molecule has 7 heavy (non-hydrogen) atoms. The summed E-state index contributed by atoms with van der Waals surface area (Å²) >= 11 is 0. The zero-order valence-electron chi connectivity index (χ0n) is 4.62. The van der Waals surface area contributed by atoms with E-state index in [4.69, 9.17) is 0 Å². The smallest absolute Gasteiger partial charge is 0.0978 e. The molecule has 1 saturated heterocycles. The summed E-state index contributed by atoms with van der Waals surface area (Å²) in [4.78, 5) is 0. The topological polar surface area (TPSA) is 24.1 Å². The second kappa shape index (κ2) is 2.28. The van der Waals surface area contributed by atoms with Gasteiger partial charge in [-0.2, -0.15) is 0 Å². The van der Waals surface area contributed by atoms with Gasteiger partial charge in [-0.25, -0.2) is 0 Å². The molecule has 0 aromatic rings. The van der Waals surface area contributed by atoms with Crippen molar-refractivity contribution in [1.29, 1.82) is 0 Å². The molecule has 1 radical (unpaired) electrons. The highest BCUT2D eigenvalue weighted by atomic mass is 15.1. The van der Waals surface area contributed by atoms with Crippen LogP contribution in [0.2, 0.25) is 0 Å². The van der Waals surface area contributed by atoms with Gasteiger partial charge in [0.05, 0.1) is 6.17 Å². The van der Waals surface area contributed by atoms with Crippen molar-refractivity contribution in [2.24, 2.45) is 0 Å². The largest absolute Gasteiger partial charge is 0.297 e. The summed E-state index contributed by atoms with van der Waals surface area (Å²) < 4.78 is 0. The highest BCUT2D eigenvalue weighted by Gasteiger charge is 2.03. The highest BCUT2D eigenvalue weighted by molar-refractivity contribution is 4.80. The average Bonchev–Trinajstić information content (AvgIpc) is 1.69. The fraction of sp³-hybridized carbons (Fsp3) is 0.800. The summed E-state index contributed by atoms with van der Waals surface area (Å²) in [5, 5.41) is 6.38. The molecule has 0 unspecified atom stereocenters. The second-order valence-electron chi connectivity index (χ2n) is 1.83. The molecule has 2 heteroatoms. The van der Waals surface area contributed by atoms with E-state index in [1.807, 2.05) is 0 Å². The van der Waals surface area contributed by atoms with Crippen molar-refractivity contribution >= 4 is 0 Å². The minimum Gasteiger partial charge on any atom is -0.297 e. The number of rotatable bonds is 0. The summed E-state index contributed by atoms with van der Waals surface area (Å²) in [6.07, 6.45) is 2.46. The third-order valence-corrected chi connectivity index (χ3v) is 1.13.